The van der Waals surface area contributed by atoms with Gasteiger partial charge in [-0.1, -0.05) is 11.6 Å². The largest absolute Gasteiger partial charge is 0.370 e. The van der Waals surface area contributed by atoms with Gasteiger partial charge in [0, 0.05) is 36.4 Å². The molecule has 1 unspecified atom stereocenters. The van der Waals surface area contributed by atoms with Crippen LogP contribution in [0.4, 0.5) is 5.69 Å². The molecule has 0 radical (unpaired) electrons. The summed E-state index contributed by atoms with van der Waals surface area (Å²) in [5, 5.41) is 0.777. The van der Waals surface area contributed by atoms with E-state index in [2.05, 4.69) is 15.9 Å². The number of likely N-dealkylation sites (tertiary alicyclic amines) is 1. The summed E-state index contributed by atoms with van der Waals surface area (Å²) in [7, 11) is 0. The van der Waals surface area contributed by atoms with Gasteiger partial charge in [-0.05, 0) is 56.1 Å². The molecule has 2 N–H and O–H groups in total. The van der Waals surface area contributed by atoms with Crippen LogP contribution in [0.1, 0.15) is 24.8 Å². The summed E-state index contributed by atoms with van der Waals surface area (Å²) < 4.78 is 0. The van der Waals surface area contributed by atoms with Gasteiger partial charge < -0.3 is 10.6 Å². The Balaban J connectivity index is 1.73. The molecule has 4 heteroatoms. The van der Waals surface area contributed by atoms with E-state index >= 15 is 0 Å². The minimum atomic E-state index is 0.556. The Morgan fingerprint density at radius 1 is 1.21 bits per heavy atom. The van der Waals surface area contributed by atoms with E-state index < -0.39 is 0 Å². The highest BCUT2D eigenvalue weighted by atomic mass is 35.5. The van der Waals surface area contributed by atoms with E-state index in [0.717, 1.165) is 29.7 Å². The van der Waals surface area contributed by atoms with Gasteiger partial charge in [0.2, 0.25) is 0 Å². The molecule has 19 heavy (non-hydrogen) atoms. The summed E-state index contributed by atoms with van der Waals surface area (Å²) in [5.74, 6) is 0. The van der Waals surface area contributed by atoms with Gasteiger partial charge in [0.05, 0.1) is 0 Å². The molecule has 3 nitrogen and oxygen atoms in total. The fourth-order valence-corrected chi connectivity index (χ4v) is 3.59. The third-order valence-corrected chi connectivity index (χ3v) is 4.66. The lowest BCUT2D eigenvalue weighted by molar-refractivity contribution is 0.260. The van der Waals surface area contributed by atoms with Gasteiger partial charge in [0.1, 0.15) is 0 Å². The molecule has 0 amide bonds. The number of halogens is 1. The van der Waals surface area contributed by atoms with Crippen LogP contribution in [0.2, 0.25) is 5.02 Å². The first kappa shape index (κ1) is 13.2. The fourth-order valence-electron chi connectivity index (χ4n) is 3.39. The van der Waals surface area contributed by atoms with Crippen LogP contribution >= 0.6 is 11.6 Å². The van der Waals surface area contributed by atoms with Crippen LogP contribution in [0.25, 0.3) is 0 Å². The van der Waals surface area contributed by atoms with E-state index in [1.807, 2.05) is 12.1 Å². The summed E-state index contributed by atoms with van der Waals surface area (Å²) in [6.07, 6.45) is 4.00. The van der Waals surface area contributed by atoms with Crippen LogP contribution < -0.4 is 10.6 Å². The first-order chi connectivity index (χ1) is 9.28. The van der Waals surface area contributed by atoms with Gasteiger partial charge in [-0.3, -0.25) is 4.90 Å². The van der Waals surface area contributed by atoms with Gasteiger partial charge >= 0.3 is 0 Å². The van der Waals surface area contributed by atoms with Crippen molar-refractivity contribution in [3.63, 3.8) is 0 Å². The van der Waals surface area contributed by atoms with Crippen LogP contribution in [0.5, 0.6) is 0 Å². The number of nitrogens with two attached hydrogens (primary N) is 1. The number of hydrogen-bond donors (Lipinski definition) is 1. The topological polar surface area (TPSA) is 32.5 Å². The average molecular weight is 280 g/mol. The van der Waals surface area contributed by atoms with Crippen molar-refractivity contribution in [2.45, 2.75) is 31.8 Å². The van der Waals surface area contributed by atoms with Crippen molar-refractivity contribution >= 4 is 17.3 Å². The van der Waals surface area contributed by atoms with Gasteiger partial charge in [0.15, 0.2) is 0 Å². The highest BCUT2D eigenvalue weighted by Gasteiger charge is 2.29. The van der Waals surface area contributed by atoms with Crippen molar-refractivity contribution in [2.24, 2.45) is 5.73 Å². The number of anilines is 1. The van der Waals surface area contributed by atoms with Crippen molar-refractivity contribution in [2.75, 3.05) is 31.1 Å². The third kappa shape index (κ3) is 2.73. The van der Waals surface area contributed by atoms with Gasteiger partial charge in [-0.25, -0.2) is 0 Å². The molecule has 1 atom stereocenters. The second-order valence-corrected chi connectivity index (χ2v) is 6.05. The highest BCUT2D eigenvalue weighted by molar-refractivity contribution is 6.30. The quantitative estimate of drug-likeness (QED) is 0.923. The van der Waals surface area contributed by atoms with E-state index in [4.69, 9.17) is 17.3 Å². The lowest BCUT2D eigenvalue weighted by Crippen LogP contribution is -2.35. The predicted molar refractivity (Wildman–Crippen MR) is 80.8 cm³/mol. The maximum atomic E-state index is 6.05. The zero-order valence-corrected chi connectivity index (χ0v) is 12.1. The van der Waals surface area contributed by atoms with Crippen molar-refractivity contribution in [1.29, 1.82) is 0 Å². The van der Waals surface area contributed by atoms with Crippen molar-refractivity contribution in [3.05, 3.63) is 28.8 Å². The van der Waals surface area contributed by atoms with Gasteiger partial charge in [-0.2, -0.15) is 0 Å². The first-order valence-corrected chi connectivity index (χ1v) is 7.63. The molecule has 1 aromatic rings. The molecule has 0 bridgehead atoms. The monoisotopic (exact) mass is 279 g/mol. The van der Waals surface area contributed by atoms with Crippen LogP contribution in [-0.2, 0) is 6.54 Å². The molecule has 2 saturated heterocycles. The van der Waals surface area contributed by atoms with Gasteiger partial charge in [-0.15, -0.1) is 0 Å². The Hall–Kier alpha value is -0.770. The third-order valence-electron chi connectivity index (χ3n) is 4.42. The standard InChI is InChI=1S/C15H22ClN3/c16-13-3-4-15(12(9-13)10-17)19-8-5-14(11-19)18-6-1-2-7-18/h3-4,9,14H,1-2,5-8,10-11,17H2. The van der Waals surface area contributed by atoms with Crippen LogP contribution in [0.3, 0.4) is 0 Å². The molecule has 104 valence electrons. The maximum absolute atomic E-state index is 6.05. The highest BCUT2D eigenvalue weighted by Crippen LogP contribution is 2.29. The van der Waals surface area contributed by atoms with Gasteiger partial charge in [0.25, 0.3) is 0 Å². The SMILES string of the molecule is NCc1cc(Cl)ccc1N1CCC(N2CCCC2)C1. The number of hydrogen-bond acceptors (Lipinski definition) is 3. The summed E-state index contributed by atoms with van der Waals surface area (Å²) >= 11 is 6.05. The average Bonchev–Trinajstić information content (AvgIpc) is 3.09. The van der Waals surface area contributed by atoms with Crippen LogP contribution in [-0.4, -0.2) is 37.1 Å². The first-order valence-electron chi connectivity index (χ1n) is 7.25. The van der Waals surface area contributed by atoms with E-state index in [-0.39, 0.29) is 0 Å². The summed E-state index contributed by atoms with van der Waals surface area (Å²) in [6, 6.07) is 6.82. The predicted octanol–water partition coefficient (Wildman–Crippen LogP) is 2.47. The van der Waals surface area contributed by atoms with E-state index in [9.17, 15) is 0 Å². The van der Waals surface area contributed by atoms with Crippen molar-refractivity contribution in [1.82, 2.24) is 4.90 Å². The molecule has 0 spiro atoms. The summed E-state index contributed by atoms with van der Waals surface area (Å²) in [4.78, 5) is 5.12. The minimum Gasteiger partial charge on any atom is -0.370 e. The Morgan fingerprint density at radius 2 is 2.00 bits per heavy atom. The van der Waals surface area contributed by atoms with E-state index in [1.165, 1.54) is 38.0 Å². The summed E-state index contributed by atoms with van der Waals surface area (Å²) in [6.45, 7) is 5.39. The van der Waals surface area contributed by atoms with E-state index in [1.54, 1.807) is 0 Å². The molecule has 2 aliphatic rings. The van der Waals surface area contributed by atoms with E-state index in [0.29, 0.717) is 6.54 Å². The molecular formula is C15H22ClN3. The molecule has 2 heterocycles. The van der Waals surface area contributed by atoms with Crippen LogP contribution in [0.15, 0.2) is 18.2 Å². The second-order valence-electron chi connectivity index (χ2n) is 5.61. The molecular weight excluding hydrogens is 258 g/mol. The molecule has 3 rings (SSSR count). The number of nitrogens with zero attached hydrogens (tertiary/aromatic N) is 2. The van der Waals surface area contributed by atoms with Crippen molar-refractivity contribution in [3.8, 4) is 0 Å². The minimum absolute atomic E-state index is 0.556. The lowest BCUT2D eigenvalue weighted by Gasteiger charge is -2.25. The zero-order chi connectivity index (χ0) is 13.2. The molecule has 2 aliphatic heterocycles. The Morgan fingerprint density at radius 3 is 2.74 bits per heavy atom. The summed E-state index contributed by atoms with van der Waals surface area (Å²) in [5.41, 5.74) is 8.28. The second kappa shape index (κ2) is 5.70. The van der Waals surface area contributed by atoms with Crippen molar-refractivity contribution < 1.29 is 0 Å². The molecule has 0 saturated carbocycles. The maximum Gasteiger partial charge on any atom is 0.0413 e. The zero-order valence-electron chi connectivity index (χ0n) is 11.3. The Bertz CT molecular complexity index is 443. The molecule has 1 aromatic carbocycles. The molecule has 2 fully saturated rings. The molecule has 0 aromatic heterocycles. The Kier molecular flexibility index (Phi) is 3.96. The Labute approximate surface area is 120 Å². The van der Waals surface area contributed by atoms with Crippen LogP contribution in [0, 0.1) is 0 Å². The molecule has 0 aliphatic carbocycles. The number of rotatable bonds is 3. The lowest BCUT2D eigenvalue weighted by atomic mass is 10.1. The number of benzene rings is 1. The normalized spacial score (nSPS) is 24.3. The smallest absolute Gasteiger partial charge is 0.0413 e. The fraction of sp³-hybridized carbons (Fsp3) is 0.600.